The molecule has 10 nitrogen and oxygen atoms in total. The molecular formula is C22H30N6O4S. The van der Waals surface area contributed by atoms with Gasteiger partial charge in [-0.15, -0.1) is 11.3 Å². The van der Waals surface area contributed by atoms with E-state index in [4.69, 9.17) is 4.98 Å². The second kappa shape index (κ2) is 9.43. The van der Waals surface area contributed by atoms with E-state index in [1.807, 2.05) is 26.8 Å². The van der Waals surface area contributed by atoms with Crippen LogP contribution in [0.5, 0.6) is 0 Å². The second-order valence-corrected chi connectivity index (χ2v) is 10.3. The second-order valence-electron chi connectivity index (χ2n) is 9.30. The summed E-state index contributed by atoms with van der Waals surface area (Å²) in [5.74, 6) is 0.448. The van der Waals surface area contributed by atoms with Gasteiger partial charge in [0, 0.05) is 37.3 Å². The summed E-state index contributed by atoms with van der Waals surface area (Å²) in [6, 6.07) is 1.40. The van der Waals surface area contributed by atoms with Gasteiger partial charge in [-0.25, -0.2) is 9.97 Å². The summed E-state index contributed by atoms with van der Waals surface area (Å²) in [5.41, 5.74) is 1.81. The van der Waals surface area contributed by atoms with Crippen LogP contribution >= 0.6 is 11.3 Å². The summed E-state index contributed by atoms with van der Waals surface area (Å²) in [5, 5.41) is 47.1. The zero-order valence-electron chi connectivity index (χ0n) is 18.9. The van der Waals surface area contributed by atoms with Crippen molar-refractivity contribution in [3.63, 3.8) is 0 Å². The first-order chi connectivity index (χ1) is 15.7. The van der Waals surface area contributed by atoms with Crippen LogP contribution < -0.4 is 10.6 Å². The summed E-state index contributed by atoms with van der Waals surface area (Å²) < 4.78 is 0.980. The minimum absolute atomic E-state index is 0.0105. The van der Waals surface area contributed by atoms with Crippen LogP contribution in [0, 0.1) is 18.3 Å². The smallest absolute Gasteiger partial charge is 0.224 e. The fourth-order valence-electron chi connectivity index (χ4n) is 3.90. The largest absolute Gasteiger partial charge is 0.396 e. The number of rotatable bonds is 8. The molecule has 0 spiro atoms. The van der Waals surface area contributed by atoms with Gasteiger partial charge in [0.15, 0.2) is 0 Å². The van der Waals surface area contributed by atoms with E-state index in [9.17, 15) is 20.4 Å². The van der Waals surface area contributed by atoms with Gasteiger partial charge in [-0.2, -0.15) is 4.98 Å². The lowest BCUT2D eigenvalue weighted by molar-refractivity contribution is 0.00446. The molecule has 178 valence electrons. The topological polar surface area (TPSA) is 157 Å². The van der Waals surface area contributed by atoms with E-state index in [0.29, 0.717) is 41.0 Å². The Morgan fingerprint density at radius 1 is 1.15 bits per heavy atom. The van der Waals surface area contributed by atoms with Crippen LogP contribution in [0.2, 0.25) is 0 Å². The molecule has 0 unspecified atom stereocenters. The molecule has 1 fully saturated rings. The fraction of sp³-hybridized carbons (Fsp3) is 0.545. The minimum atomic E-state index is -1.05. The van der Waals surface area contributed by atoms with Crippen molar-refractivity contribution in [1.29, 1.82) is 0 Å². The molecule has 3 heterocycles. The van der Waals surface area contributed by atoms with Crippen molar-refractivity contribution in [2.24, 2.45) is 11.3 Å². The van der Waals surface area contributed by atoms with Crippen molar-refractivity contribution in [2.45, 2.75) is 45.4 Å². The molecule has 6 N–H and O–H groups in total. The van der Waals surface area contributed by atoms with Crippen molar-refractivity contribution in [3.05, 3.63) is 24.2 Å². The number of nitrogens with zero attached hydrogens (tertiary/aromatic N) is 4. The highest BCUT2D eigenvalue weighted by Crippen LogP contribution is 2.38. The zero-order valence-corrected chi connectivity index (χ0v) is 19.7. The van der Waals surface area contributed by atoms with E-state index in [1.165, 1.54) is 11.3 Å². The Bertz CT molecular complexity index is 1090. The molecule has 1 aliphatic carbocycles. The summed E-state index contributed by atoms with van der Waals surface area (Å²) in [6.45, 7) is 6.00. The van der Waals surface area contributed by atoms with E-state index in [2.05, 4.69) is 25.6 Å². The normalized spacial score (nSPS) is 23.2. The van der Waals surface area contributed by atoms with Crippen LogP contribution in [-0.2, 0) is 0 Å². The van der Waals surface area contributed by atoms with Crippen LogP contribution in [-0.4, -0.2) is 78.4 Å². The van der Waals surface area contributed by atoms with E-state index < -0.39 is 24.2 Å². The van der Waals surface area contributed by atoms with Gasteiger partial charge in [-0.1, -0.05) is 13.8 Å². The molecule has 4 rings (SSSR count). The van der Waals surface area contributed by atoms with Crippen molar-refractivity contribution in [3.8, 4) is 10.6 Å². The number of aromatic nitrogens is 4. The van der Waals surface area contributed by atoms with Gasteiger partial charge in [0.2, 0.25) is 5.95 Å². The molecule has 0 aliphatic heterocycles. The first kappa shape index (κ1) is 23.7. The molecule has 0 aromatic carbocycles. The highest BCUT2D eigenvalue weighted by atomic mass is 32.1. The maximum atomic E-state index is 10.5. The number of aryl methyl sites for hydroxylation is 1. The van der Waals surface area contributed by atoms with Crippen LogP contribution in [0.4, 0.5) is 11.8 Å². The van der Waals surface area contributed by atoms with Gasteiger partial charge in [-0.3, -0.25) is 4.98 Å². The molecule has 3 aromatic rings. The summed E-state index contributed by atoms with van der Waals surface area (Å²) in [6.07, 6.45) is 1.75. The van der Waals surface area contributed by atoms with Crippen LogP contribution in [0.3, 0.4) is 0 Å². The van der Waals surface area contributed by atoms with Crippen molar-refractivity contribution in [2.75, 3.05) is 30.4 Å². The third kappa shape index (κ3) is 4.92. The molecule has 1 saturated carbocycles. The predicted molar refractivity (Wildman–Crippen MR) is 127 cm³/mol. The lowest BCUT2D eigenvalue weighted by Crippen LogP contribution is -2.36. The Morgan fingerprint density at radius 3 is 2.61 bits per heavy atom. The number of hydrogen-bond donors (Lipinski definition) is 6. The van der Waals surface area contributed by atoms with Crippen LogP contribution in [0.1, 0.15) is 26.0 Å². The maximum Gasteiger partial charge on any atom is 0.224 e. The van der Waals surface area contributed by atoms with Gasteiger partial charge >= 0.3 is 0 Å². The first-order valence-corrected chi connectivity index (χ1v) is 11.7. The number of aliphatic hydroxyl groups excluding tert-OH is 4. The monoisotopic (exact) mass is 474 g/mol. The number of hydrogen-bond acceptors (Lipinski definition) is 11. The Labute approximate surface area is 195 Å². The van der Waals surface area contributed by atoms with Gasteiger partial charge in [0.1, 0.15) is 22.4 Å². The zero-order chi connectivity index (χ0) is 23.8. The highest BCUT2D eigenvalue weighted by molar-refractivity contribution is 7.21. The average Bonchev–Trinajstić information content (AvgIpc) is 3.33. The van der Waals surface area contributed by atoms with Gasteiger partial charge in [0.25, 0.3) is 0 Å². The maximum absolute atomic E-state index is 10.5. The molecule has 33 heavy (non-hydrogen) atoms. The van der Waals surface area contributed by atoms with Crippen LogP contribution in [0.25, 0.3) is 20.8 Å². The highest BCUT2D eigenvalue weighted by Gasteiger charge is 2.41. The van der Waals surface area contributed by atoms with Crippen molar-refractivity contribution in [1.82, 2.24) is 19.9 Å². The number of nitrogens with one attached hydrogen (secondary N) is 2. The molecular weight excluding hydrogens is 444 g/mol. The molecule has 3 aromatic heterocycles. The number of aliphatic hydroxyl groups is 4. The number of thiazole rings is 1. The third-order valence-electron chi connectivity index (χ3n) is 6.01. The van der Waals surface area contributed by atoms with E-state index in [1.54, 1.807) is 12.4 Å². The molecule has 0 amide bonds. The number of pyridine rings is 1. The lowest BCUT2D eigenvalue weighted by atomic mass is 9.95. The van der Waals surface area contributed by atoms with E-state index in [-0.39, 0.29) is 18.6 Å². The van der Waals surface area contributed by atoms with Crippen molar-refractivity contribution >= 4 is 33.3 Å². The summed E-state index contributed by atoms with van der Waals surface area (Å²) in [7, 11) is 0. The van der Waals surface area contributed by atoms with Gasteiger partial charge in [-0.05, 0) is 19.4 Å². The molecule has 0 saturated heterocycles. The summed E-state index contributed by atoms with van der Waals surface area (Å²) >= 11 is 1.49. The Kier molecular flexibility index (Phi) is 6.78. The SMILES string of the molecule is Cc1nc(NCC(C)(C)CO)nc(N[C@@H]2C[C@H](CO)[C@@H](O)[C@H]2O)c1-c1nc2cnccc2s1. The molecule has 0 bridgehead atoms. The molecule has 11 heteroatoms. The molecule has 1 aliphatic rings. The first-order valence-electron chi connectivity index (χ1n) is 10.9. The Balaban J connectivity index is 1.73. The number of fused-ring (bicyclic) bond motifs is 1. The Morgan fingerprint density at radius 2 is 1.94 bits per heavy atom. The fourth-order valence-corrected chi connectivity index (χ4v) is 4.93. The molecule has 4 atom stereocenters. The van der Waals surface area contributed by atoms with Crippen molar-refractivity contribution < 1.29 is 20.4 Å². The summed E-state index contributed by atoms with van der Waals surface area (Å²) in [4.78, 5) is 18.1. The Hall–Kier alpha value is -2.44. The predicted octanol–water partition coefficient (Wildman–Crippen LogP) is 1.40. The standard InChI is InChI=1S/C22H30N6O4S/c1-11-16(20-27-14-7-23-5-4-15(14)33-20)19(26-13-6-12(8-29)17(31)18(13)32)28-21(25-11)24-9-22(2,3)10-30/h4-5,7,12-13,17-18,29-32H,6,8-10H2,1-3H3,(H2,24,25,26,28)/t12-,13-,17-,18+/m1/s1. The van der Waals surface area contributed by atoms with E-state index >= 15 is 0 Å². The third-order valence-corrected chi connectivity index (χ3v) is 7.06. The number of anilines is 2. The van der Waals surface area contributed by atoms with E-state index in [0.717, 1.165) is 10.2 Å². The lowest BCUT2D eigenvalue weighted by Gasteiger charge is -2.24. The van der Waals surface area contributed by atoms with Gasteiger partial charge < -0.3 is 31.1 Å². The minimum Gasteiger partial charge on any atom is -0.396 e. The van der Waals surface area contributed by atoms with Gasteiger partial charge in [0.05, 0.1) is 34.3 Å². The average molecular weight is 475 g/mol. The molecule has 0 radical (unpaired) electrons. The quantitative estimate of drug-likeness (QED) is 0.282. The van der Waals surface area contributed by atoms with Crippen LogP contribution in [0.15, 0.2) is 18.5 Å².